The van der Waals surface area contributed by atoms with Crippen LogP contribution in [0.25, 0.3) is 6.08 Å². The summed E-state index contributed by atoms with van der Waals surface area (Å²) in [5.41, 5.74) is 6.17. The van der Waals surface area contributed by atoms with Crippen LogP contribution in [0.2, 0.25) is 0 Å². The third kappa shape index (κ3) is 7.09. The molecule has 0 unspecified atom stereocenters. The molecule has 1 amide bonds. The quantitative estimate of drug-likeness (QED) is 0.273. The molecule has 3 atom stereocenters. The van der Waals surface area contributed by atoms with Crippen LogP contribution in [0.15, 0.2) is 36.9 Å². The van der Waals surface area contributed by atoms with Crippen molar-refractivity contribution in [2.24, 2.45) is 11.8 Å². The Morgan fingerprint density at radius 2 is 2.07 bits per heavy atom. The molecular weight excluding hydrogens is 386 g/mol. The van der Waals surface area contributed by atoms with Crippen molar-refractivity contribution in [2.75, 3.05) is 13.7 Å². The zero-order valence-corrected chi connectivity index (χ0v) is 18.2. The van der Waals surface area contributed by atoms with E-state index < -0.39 is 0 Å². The molecule has 0 bridgehead atoms. The first-order valence-electron chi connectivity index (χ1n) is 9.91. The van der Waals surface area contributed by atoms with Gasteiger partial charge in [0.2, 0.25) is 0 Å². The second-order valence-corrected chi connectivity index (χ2v) is 7.71. The van der Waals surface area contributed by atoms with Gasteiger partial charge in [0.25, 0.3) is 5.91 Å². The maximum Gasteiger partial charge on any atom is 0.262 e. The standard InChI is InChI=1S/C22H31N3O3S/c1-5-13-28-19-11-9-17(14-20(19)27-4)10-12-21(26)24-25-22(29)23-18-8-6-7-15(2)16(18)3/h5,9-12,14-16,18H,1,6-8,13H2,2-4H3,(H,24,26)(H2,23,25,29)/b12-10+/t15-,16-,18-/m1/s1. The Labute approximate surface area is 178 Å². The van der Waals surface area contributed by atoms with E-state index >= 15 is 0 Å². The van der Waals surface area contributed by atoms with Crippen molar-refractivity contribution in [1.29, 1.82) is 0 Å². The van der Waals surface area contributed by atoms with Crippen LogP contribution in [0, 0.1) is 11.8 Å². The Hall–Kier alpha value is -2.54. The fraction of sp³-hybridized carbons (Fsp3) is 0.455. The Morgan fingerprint density at radius 3 is 2.79 bits per heavy atom. The van der Waals surface area contributed by atoms with E-state index in [0.717, 1.165) is 12.0 Å². The van der Waals surface area contributed by atoms with Gasteiger partial charge in [-0.1, -0.05) is 45.4 Å². The number of amides is 1. The largest absolute Gasteiger partial charge is 0.493 e. The van der Waals surface area contributed by atoms with E-state index in [1.54, 1.807) is 31.4 Å². The lowest BCUT2D eigenvalue weighted by Crippen LogP contribution is -2.52. The van der Waals surface area contributed by atoms with Crippen LogP contribution in [0.3, 0.4) is 0 Å². The first kappa shape index (κ1) is 22.7. The maximum absolute atomic E-state index is 12.1. The van der Waals surface area contributed by atoms with E-state index in [4.69, 9.17) is 21.7 Å². The van der Waals surface area contributed by atoms with Gasteiger partial charge in [-0.15, -0.1) is 0 Å². The molecule has 29 heavy (non-hydrogen) atoms. The van der Waals surface area contributed by atoms with Gasteiger partial charge in [-0.3, -0.25) is 15.6 Å². The van der Waals surface area contributed by atoms with Crippen molar-refractivity contribution >= 4 is 29.3 Å². The fourth-order valence-corrected chi connectivity index (χ4v) is 3.58. The molecule has 3 N–H and O–H groups in total. The lowest BCUT2D eigenvalue weighted by Gasteiger charge is -2.35. The van der Waals surface area contributed by atoms with Crippen molar-refractivity contribution in [1.82, 2.24) is 16.2 Å². The fourth-order valence-electron chi connectivity index (χ4n) is 3.38. The summed E-state index contributed by atoms with van der Waals surface area (Å²) < 4.78 is 10.8. The average molecular weight is 418 g/mol. The molecule has 0 aliphatic heterocycles. The van der Waals surface area contributed by atoms with Crippen LogP contribution >= 0.6 is 12.2 Å². The van der Waals surface area contributed by atoms with Crippen LogP contribution in [-0.2, 0) is 4.79 Å². The summed E-state index contributed by atoms with van der Waals surface area (Å²) in [6.07, 6.45) is 8.34. The first-order chi connectivity index (χ1) is 13.9. The highest BCUT2D eigenvalue weighted by Crippen LogP contribution is 2.29. The van der Waals surface area contributed by atoms with Gasteiger partial charge in [-0.25, -0.2) is 0 Å². The third-order valence-corrected chi connectivity index (χ3v) is 5.51. The molecule has 1 aromatic rings. The van der Waals surface area contributed by atoms with Gasteiger partial charge in [0, 0.05) is 12.1 Å². The highest BCUT2D eigenvalue weighted by Gasteiger charge is 2.27. The van der Waals surface area contributed by atoms with Gasteiger partial charge in [0.1, 0.15) is 6.61 Å². The molecule has 0 heterocycles. The van der Waals surface area contributed by atoms with Gasteiger partial charge in [0.15, 0.2) is 16.6 Å². The number of hydrazine groups is 1. The van der Waals surface area contributed by atoms with Crippen LogP contribution < -0.4 is 25.6 Å². The van der Waals surface area contributed by atoms with E-state index in [-0.39, 0.29) is 5.91 Å². The van der Waals surface area contributed by atoms with Crippen molar-refractivity contribution in [3.05, 3.63) is 42.5 Å². The van der Waals surface area contributed by atoms with E-state index in [0.29, 0.717) is 41.1 Å². The molecular formula is C22H31N3O3S. The number of benzene rings is 1. The number of carbonyl (C=O) groups excluding carboxylic acids is 1. The summed E-state index contributed by atoms with van der Waals surface area (Å²) in [6, 6.07) is 5.77. The smallest absolute Gasteiger partial charge is 0.262 e. The number of nitrogens with one attached hydrogen (secondary N) is 3. The summed E-state index contributed by atoms with van der Waals surface area (Å²) in [4.78, 5) is 12.1. The summed E-state index contributed by atoms with van der Waals surface area (Å²) in [7, 11) is 1.57. The average Bonchev–Trinajstić information content (AvgIpc) is 2.72. The molecule has 7 heteroatoms. The van der Waals surface area contributed by atoms with Gasteiger partial charge < -0.3 is 14.8 Å². The topological polar surface area (TPSA) is 71.6 Å². The first-order valence-corrected chi connectivity index (χ1v) is 10.3. The van der Waals surface area contributed by atoms with Crippen molar-refractivity contribution in [3.8, 4) is 11.5 Å². The SMILES string of the molecule is C=CCOc1ccc(/C=C/C(=O)NNC(=S)N[C@@H]2CCC[C@@H](C)[C@H]2C)cc1OC. The molecule has 1 fully saturated rings. The number of ether oxygens (including phenoxy) is 2. The molecule has 1 saturated carbocycles. The number of hydrogen-bond donors (Lipinski definition) is 3. The van der Waals surface area contributed by atoms with Gasteiger partial charge >= 0.3 is 0 Å². The van der Waals surface area contributed by atoms with Gasteiger partial charge in [0.05, 0.1) is 7.11 Å². The van der Waals surface area contributed by atoms with Crippen LogP contribution in [0.5, 0.6) is 11.5 Å². The van der Waals surface area contributed by atoms with Crippen molar-refractivity contribution in [2.45, 2.75) is 39.2 Å². The number of thiocarbonyl (C=S) groups is 1. The van der Waals surface area contributed by atoms with E-state index in [1.807, 2.05) is 6.07 Å². The summed E-state index contributed by atoms with van der Waals surface area (Å²) in [5.74, 6) is 2.14. The summed E-state index contributed by atoms with van der Waals surface area (Å²) in [5, 5.41) is 3.74. The van der Waals surface area contributed by atoms with E-state index in [9.17, 15) is 4.79 Å². The van der Waals surface area contributed by atoms with E-state index in [2.05, 4.69) is 36.6 Å². The minimum atomic E-state index is -0.301. The molecule has 0 aromatic heterocycles. The third-order valence-electron chi connectivity index (χ3n) is 5.29. The van der Waals surface area contributed by atoms with Gasteiger partial charge in [-0.05, 0) is 54.2 Å². The Morgan fingerprint density at radius 1 is 1.28 bits per heavy atom. The molecule has 1 aromatic carbocycles. The lowest BCUT2D eigenvalue weighted by molar-refractivity contribution is -0.116. The monoisotopic (exact) mass is 417 g/mol. The highest BCUT2D eigenvalue weighted by molar-refractivity contribution is 7.80. The molecule has 158 valence electrons. The Kier molecular flexibility index (Phi) is 8.99. The normalized spacial score (nSPS) is 21.3. The summed E-state index contributed by atoms with van der Waals surface area (Å²) in [6.45, 7) is 8.54. The van der Waals surface area contributed by atoms with Crippen molar-refractivity contribution < 1.29 is 14.3 Å². The minimum absolute atomic E-state index is 0.301. The maximum atomic E-state index is 12.1. The molecule has 0 spiro atoms. The number of rotatable bonds is 7. The summed E-state index contributed by atoms with van der Waals surface area (Å²) >= 11 is 5.31. The lowest BCUT2D eigenvalue weighted by atomic mass is 9.78. The molecule has 0 radical (unpaired) electrons. The minimum Gasteiger partial charge on any atom is -0.493 e. The van der Waals surface area contributed by atoms with Crippen LogP contribution in [-0.4, -0.2) is 30.8 Å². The molecule has 2 rings (SSSR count). The zero-order valence-electron chi connectivity index (χ0n) is 17.4. The highest BCUT2D eigenvalue weighted by atomic mass is 32.1. The molecule has 1 aliphatic carbocycles. The number of carbonyl (C=O) groups is 1. The second kappa shape index (κ2) is 11.5. The number of methoxy groups -OCH3 is 1. The Balaban J connectivity index is 1.83. The Bertz CT molecular complexity index is 751. The van der Waals surface area contributed by atoms with E-state index in [1.165, 1.54) is 18.9 Å². The number of hydrogen-bond acceptors (Lipinski definition) is 4. The predicted octanol–water partition coefficient (Wildman–Crippen LogP) is 3.59. The van der Waals surface area contributed by atoms with Crippen molar-refractivity contribution in [3.63, 3.8) is 0 Å². The van der Waals surface area contributed by atoms with Crippen LogP contribution in [0.4, 0.5) is 0 Å². The van der Waals surface area contributed by atoms with Crippen LogP contribution in [0.1, 0.15) is 38.7 Å². The zero-order chi connectivity index (χ0) is 21.2. The molecule has 1 aliphatic rings. The molecule has 0 saturated heterocycles. The predicted molar refractivity (Wildman–Crippen MR) is 121 cm³/mol. The molecule has 6 nitrogen and oxygen atoms in total. The van der Waals surface area contributed by atoms with Gasteiger partial charge in [-0.2, -0.15) is 0 Å². The second-order valence-electron chi connectivity index (χ2n) is 7.30.